The van der Waals surface area contributed by atoms with Gasteiger partial charge in [-0.2, -0.15) is 0 Å². The molecule has 0 aliphatic carbocycles. The maximum Gasteiger partial charge on any atom is 0.269 e. The molecular weight excluding hydrogens is 271 g/mol. The molecule has 1 rings (SSSR count). The Morgan fingerprint density at radius 3 is 2.18 bits per heavy atom. The molecule has 0 fully saturated rings. The van der Waals surface area contributed by atoms with Crippen molar-refractivity contribution >= 4 is 40.7 Å². The fourth-order valence-electron chi connectivity index (χ4n) is 0.973. The summed E-state index contributed by atoms with van der Waals surface area (Å²) in [5.41, 5.74) is -0.0571. The van der Waals surface area contributed by atoms with Gasteiger partial charge in [0.05, 0.1) is 4.92 Å². The lowest BCUT2D eigenvalue weighted by Crippen LogP contribution is -2.34. The second-order valence-electron chi connectivity index (χ2n) is 2.92. The van der Waals surface area contributed by atoms with Crippen LogP contribution in [0.15, 0.2) is 24.3 Å². The zero-order valence-electron chi connectivity index (χ0n) is 8.22. The number of benzene rings is 1. The molecule has 8 heteroatoms. The molecule has 2 amide bonds. The van der Waals surface area contributed by atoms with E-state index in [1.165, 1.54) is 12.1 Å². The first kappa shape index (κ1) is 13.4. The molecule has 0 radical (unpaired) electrons. The van der Waals surface area contributed by atoms with Gasteiger partial charge in [0.25, 0.3) is 17.5 Å². The summed E-state index contributed by atoms with van der Waals surface area (Å²) >= 11 is 10.5. The van der Waals surface area contributed by atoms with Gasteiger partial charge in [0.15, 0.2) is 4.84 Å². The Hall–Kier alpha value is -1.66. The Kier molecular flexibility index (Phi) is 4.42. The highest BCUT2D eigenvalue weighted by molar-refractivity contribution is 6.54. The first-order valence-corrected chi connectivity index (χ1v) is 5.17. The molecular formula is C9H6Cl2N2O4. The van der Waals surface area contributed by atoms with Gasteiger partial charge >= 0.3 is 0 Å². The average Bonchev–Trinajstić information content (AvgIpc) is 2.28. The van der Waals surface area contributed by atoms with Crippen LogP contribution in [0, 0.1) is 10.1 Å². The molecule has 0 atom stereocenters. The van der Waals surface area contributed by atoms with Crippen molar-refractivity contribution in [1.82, 2.24) is 5.32 Å². The zero-order chi connectivity index (χ0) is 13.0. The van der Waals surface area contributed by atoms with Gasteiger partial charge in [-0.3, -0.25) is 25.0 Å². The van der Waals surface area contributed by atoms with E-state index in [-0.39, 0.29) is 11.3 Å². The van der Waals surface area contributed by atoms with Crippen LogP contribution in [0.3, 0.4) is 0 Å². The highest BCUT2D eigenvalue weighted by Crippen LogP contribution is 2.12. The van der Waals surface area contributed by atoms with E-state index in [4.69, 9.17) is 23.2 Å². The minimum Gasteiger partial charge on any atom is -0.290 e. The van der Waals surface area contributed by atoms with Crippen LogP contribution in [0.2, 0.25) is 0 Å². The van der Waals surface area contributed by atoms with Crippen molar-refractivity contribution in [2.24, 2.45) is 0 Å². The SMILES string of the molecule is O=C(NC(=O)C(Cl)Cl)c1ccc([N+](=O)[O-])cc1. The topological polar surface area (TPSA) is 89.3 Å². The molecule has 0 saturated heterocycles. The zero-order valence-corrected chi connectivity index (χ0v) is 9.73. The smallest absolute Gasteiger partial charge is 0.269 e. The first-order chi connectivity index (χ1) is 7.91. The molecule has 0 saturated carbocycles. The number of hydrogen-bond acceptors (Lipinski definition) is 4. The van der Waals surface area contributed by atoms with Gasteiger partial charge in [-0.1, -0.05) is 23.2 Å². The summed E-state index contributed by atoms with van der Waals surface area (Å²) in [4.78, 5) is 30.8. The fourth-order valence-corrected chi connectivity index (χ4v) is 1.08. The minimum absolute atomic E-state index is 0.0953. The Bertz CT molecular complexity index is 459. The summed E-state index contributed by atoms with van der Waals surface area (Å²) in [5, 5.41) is 12.3. The molecule has 0 aliphatic heterocycles. The highest BCUT2D eigenvalue weighted by atomic mass is 35.5. The van der Waals surface area contributed by atoms with E-state index in [0.29, 0.717) is 0 Å². The summed E-state index contributed by atoms with van der Waals surface area (Å²) in [6, 6.07) is 4.74. The molecule has 1 N–H and O–H groups in total. The second kappa shape index (κ2) is 5.60. The summed E-state index contributed by atoms with van der Waals surface area (Å²) in [5.74, 6) is -1.58. The van der Waals surface area contributed by atoms with Crippen molar-refractivity contribution < 1.29 is 14.5 Å². The maximum absolute atomic E-state index is 11.4. The van der Waals surface area contributed by atoms with Crippen LogP contribution in [0.5, 0.6) is 0 Å². The van der Waals surface area contributed by atoms with Crippen LogP contribution >= 0.6 is 23.2 Å². The molecule has 1 aromatic carbocycles. The van der Waals surface area contributed by atoms with Crippen LogP contribution in [-0.2, 0) is 4.79 Å². The predicted molar refractivity (Wildman–Crippen MR) is 61.1 cm³/mol. The number of nitro groups is 1. The van der Waals surface area contributed by atoms with Crippen molar-refractivity contribution in [3.63, 3.8) is 0 Å². The van der Waals surface area contributed by atoms with Gasteiger partial charge in [-0.05, 0) is 12.1 Å². The van der Waals surface area contributed by atoms with Crippen molar-refractivity contribution in [3.05, 3.63) is 39.9 Å². The number of imide groups is 1. The van der Waals surface area contributed by atoms with Crippen LogP contribution in [0.4, 0.5) is 5.69 Å². The quantitative estimate of drug-likeness (QED) is 0.516. The molecule has 0 spiro atoms. The van der Waals surface area contributed by atoms with Crippen LogP contribution in [-0.4, -0.2) is 21.6 Å². The van der Waals surface area contributed by atoms with E-state index in [0.717, 1.165) is 12.1 Å². The molecule has 17 heavy (non-hydrogen) atoms. The van der Waals surface area contributed by atoms with Gasteiger partial charge in [0.1, 0.15) is 0 Å². The van der Waals surface area contributed by atoms with Crippen molar-refractivity contribution in [1.29, 1.82) is 0 Å². The molecule has 0 bridgehead atoms. The monoisotopic (exact) mass is 276 g/mol. The summed E-state index contributed by atoms with van der Waals surface area (Å²) in [7, 11) is 0. The van der Waals surface area contributed by atoms with Crippen LogP contribution < -0.4 is 5.32 Å². The van der Waals surface area contributed by atoms with Crippen molar-refractivity contribution in [3.8, 4) is 0 Å². The number of amides is 2. The van der Waals surface area contributed by atoms with E-state index in [9.17, 15) is 19.7 Å². The Balaban J connectivity index is 2.77. The first-order valence-electron chi connectivity index (χ1n) is 4.29. The minimum atomic E-state index is -1.35. The van der Waals surface area contributed by atoms with E-state index in [1.54, 1.807) is 0 Å². The number of carbonyl (C=O) groups excluding carboxylic acids is 2. The normalized spacial score (nSPS) is 10.1. The number of nitrogens with zero attached hydrogens (tertiary/aromatic N) is 1. The lowest BCUT2D eigenvalue weighted by atomic mass is 10.2. The molecule has 0 aromatic heterocycles. The van der Waals surface area contributed by atoms with Gasteiger partial charge < -0.3 is 0 Å². The standard InChI is InChI=1S/C9H6Cl2N2O4/c10-7(11)9(15)12-8(14)5-1-3-6(4-2-5)13(16)17/h1-4,7H,(H,12,14,15). The van der Waals surface area contributed by atoms with Gasteiger partial charge in [-0.25, -0.2) is 0 Å². The fraction of sp³-hybridized carbons (Fsp3) is 0.111. The lowest BCUT2D eigenvalue weighted by Gasteiger charge is -2.03. The largest absolute Gasteiger partial charge is 0.290 e. The number of alkyl halides is 2. The summed E-state index contributed by atoms with van der Waals surface area (Å²) in [6.07, 6.45) is 0. The van der Waals surface area contributed by atoms with Crippen LogP contribution in [0.25, 0.3) is 0 Å². The Labute approximate surface area is 106 Å². The molecule has 0 unspecified atom stereocenters. The number of nitrogens with one attached hydrogen (secondary N) is 1. The summed E-state index contributed by atoms with van der Waals surface area (Å²) in [6.45, 7) is 0. The number of rotatable bonds is 3. The third kappa shape index (κ3) is 3.69. The molecule has 90 valence electrons. The molecule has 6 nitrogen and oxygen atoms in total. The average molecular weight is 277 g/mol. The van der Waals surface area contributed by atoms with Gasteiger partial charge in [-0.15, -0.1) is 0 Å². The molecule has 1 aromatic rings. The Morgan fingerprint density at radius 2 is 1.76 bits per heavy atom. The number of nitro benzene ring substituents is 1. The number of non-ortho nitro benzene ring substituents is 1. The second-order valence-corrected chi connectivity index (χ2v) is 4.02. The van der Waals surface area contributed by atoms with Crippen molar-refractivity contribution in [2.75, 3.05) is 0 Å². The number of hydrogen-bond donors (Lipinski definition) is 1. The molecule has 0 aliphatic rings. The number of halogens is 2. The van der Waals surface area contributed by atoms with E-state index in [1.807, 2.05) is 5.32 Å². The van der Waals surface area contributed by atoms with Crippen molar-refractivity contribution in [2.45, 2.75) is 4.84 Å². The van der Waals surface area contributed by atoms with Gasteiger partial charge in [0.2, 0.25) is 0 Å². The van der Waals surface area contributed by atoms with Gasteiger partial charge in [0, 0.05) is 17.7 Å². The molecule has 0 heterocycles. The van der Waals surface area contributed by atoms with E-state index >= 15 is 0 Å². The van der Waals surface area contributed by atoms with E-state index < -0.39 is 21.6 Å². The maximum atomic E-state index is 11.4. The Morgan fingerprint density at radius 1 is 1.24 bits per heavy atom. The van der Waals surface area contributed by atoms with Crippen LogP contribution in [0.1, 0.15) is 10.4 Å². The highest BCUT2D eigenvalue weighted by Gasteiger charge is 2.16. The third-order valence-corrected chi connectivity index (χ3v) is 2.17. The summed E-state index contributed by atoms with van der Waals surface area (Å²) < 4.78 is 0. The predicted octanol–water partition coefficient (Wildman–Crippen LogP) is 1.65. The van der Waals surface area contributed by atoms with E-state index in [2.05, 4.69) is 0 Å². The number of carbonyl (C=O) groups is 2. The lowest BCUT2D eigenvalue weighted by molar-refractivity contribution is -0.384. The third-order valence-electron chi connectivity index (χ3n) is 1.78.